The Bertz CT molecular complexity index is 1180. The van der Waals surface area contributed by atoms with Crippen molar-refractivity contribution in [3.05, 3.63) is 60.4 Å². The zero-order chi connectivity index (χ0) is 22.8. The molecule has 0 saturated heterocycles. The van der Waals surface area contributed by atoms with Crippen molar-refractivity contribution in [3.63, 3.8) is 0 Å². The molecule has 31 heavy (non-hydrogen) atoms. The summed E-state index contributed by atoms with van der Waals surface area (Å²) in [6.07, 6.45) is -1.58. The summed E-state index contributed by atoms with van der Waals surface area (Å²) in [4.78, 5) is 8.74. The van der Waals surface area contributed by atoms with E-state index in [1.54, 1.807) is 6.92 Å². The van der Waals surface area contributed by atoms with Crippen LogP contribution in [0.1, 0.15) is 12.5 Å². The maximum Gasteiger partial charge on any atom is 0.416 e. The van der Waals surface area contributed by atoms with Crippen molar-refractivity contribution in [2.75, 3.05) is 13.6 Å². The second-order valence-electron chi connectivity index (χ2n) is 6.44. The SMILES string of the molecule is CCN(C)S(=O)(=O)c1cc(-c2nccnc2Sc2ccc(C(F)(F)F)cc2)ccc1O. The van der Waals surface area contributed by atoms with Gasteiger partial charge in [0, 0.05) is 36.4 Å². The fourth-order valence-corrected chi connectivity index (χ4v) is 4.79. The van der Waals surface area contributed by atoms with Crippen LogP contribution in [0.15, 0.2) is 69.7 Å². The second-order valence-corrected chi connectivity index (χ2v) is 9.51. The minimum absolute atomic E-state index is 0.214. The van der Waals surface area contributed by atoms with Gasteiger partial charge in [0.25, 0.3) is 0 Å². The van der Waals surface area contributed by atoms with Crippen molar-refractivity contribution in [1.29, 1.82) is 0 Å². The van der Waals surface area contributed by atoms with Crippen molar-refractivity contribution in [3.8, 4) is 17.0 Å². The first-order chi connectivity index (χ1) is 14.5. The van der Waals surface area contributed by atoms with Crippen LogP contribution >= 0.6 is 11.8 Å². The summed E-state index contributed by atoms with van der Waals surface area (Å²) < 4.78 is 64.8. The molecule has 0 atom stereocenters. The Balaban J connectivity index is 2.00. The lowest BCUT2D eigenvalue weighted by Gasteiger charge is -2.17. The molecule has 0 spiro atoms. The normalized spacial score (nSPS) is 12.3. The van der Waals surface area contributed by atoms with Crippen molar-refractivity contribution >= 4 is 21.8 Å². The molecule has 3 aromatic rings. The van der Waals surface area contributed by atoms with Crippen LogP contribution in [0.3, 0.4) is 0 Å². The summed E-state index contributed by atoms with van der Waals surface area (Å²) in [5, 5.41) is 10.5. The quantitative estimate of drug-likeness (QED) is 0.565. The topological polar surface area (TPSA) is 83.4 Å². The molecule has 2 aromatic carbocycles. The largest absolute Gasteiger partial charge is 0.507 e. The van der Waals surface area contributed by atoms with Crippen LogP contribution in [0, 0.1) is 0 Å². The molecule has 0 unspecified atom stereocenters. The smallest absolute Gasteiger partial charge is 0.416 e. The van der Waals surface area contributed by atoms with Gasteiger partial charge < -0.3 is 5.11 Å². The molecule has 6 nitrogen and oxygen atoms in total. The van der Waals surface area contributed by atoms with Crippen LogP contribution in [-0.4, -0.2) is 41.4 Å². The van der Waals surface area contributed by atoms with Gasteiger partial charge in [-0.1, -0.05) is 18.7 Å². The van der Waals surface area contributed by atoms with Crippen molar-refractivity contribution in [1.82, 2.24) is 14.3 Å². The Morgan fingerprint density at radius 1 is 1.06 bits per heavy atom. The third-order valence-electron chi connectivity index (χ3n) is 4.43. The van der Waals surface area contributed by atoms with E-state index < -0.39 is 27.5 Å². The maximum atomic E-state index is 12.8. The van der Waals surface area contributed by atoms with Crippen LogP contribution < -0.4 is 0 Å². The van der Waals surface area contributed by atoms with E-state index in [0.717, 1.165) is 28.2 Å². The molecular weight excluding hydrogens is 451 g/mol. The number of phenolic OH excluding ortho intramolecular Hbond substituents is 1. The number of hydrogen-bond donors (Lipinski definition) is 1. The van der Waals surface area contributed by atoms with E-state index in [2.05, 4.69) is 9.97 Å². The number of sulfonamides is 1. The molecule has 1 aromatic heterocycles. The van der Waals surface area contributed by atoms with Crippen molar-refractivity contribution < 1.29 is 26.7 Å². The van der Waals surface area contributed by atoms with Crippen LogP contribution in [0.4, 0.5) is 13.2 Å². The predicted octanol–water partition coefficient (Wildman–Crippen LogP) is 4.66. The first-order valence-corrected chi connectivity index (χ1v) is 11.3. The molecule has 0 fully saturated rings. The fourth-order valence-electron chi connectivity index (χ4n) is 2.63. The van der Waals surface area contributed by atoms with Gasteiger partial charge in [-0.25, -0.2) is 17.7 Å². The number of phenols is 1. The number of aromatic nitrogens is 2. The molecule has 0 aliphatic carbocycles. The average Bonchev–Trinajstić information content (AvgIpc) is 2.73. The van der Waals surface area contributed by atoms with Gasteiger partial charge in [0.2, 0.25) is 10.0 Å². The van der Waals surface area contributed by atoms with Crippen LogP contribution in [-0.2, 0) is 16.2 Å². The Hall–Kier alpha value is -2.63. The molecule has 11 heteroatoms. The standard InChI is InChI=1S/C20H18F3N3O3S2/c1-3-26(2)31(28,29)17-12-13(4-9-16(17)27)18-19(25-11-10-24-18)30-15-7-5-14(6-8-15)20(21,22)23/h4-12,27H,3H2,1-2H3. The van der Waals surface area contributed by atoms with Gasteiger partial charge in [-0.05, 0) is 42.5 Å². The lowest BCUT2D eigenvalue weighted by Crippen LogP contribution is -2.26. The van der Waals surface area contributed by atoms with E-state index in [1.807, 2.05) is 0 Å². The van der Waals surface area contributed by atoms with Gasteiger partial charge in [0.1, 0.15) is 21.4 Å². The van der Waals surface area contributed by atoms with Gasteiger partial charge >= 0.3 is 6.18 Å². The summed E-state index contributed by atoms with van der Waals surface area (Å²) >= 11 is 1.09. The third kappa shape index (κ3) is 5.00. The molecule has 0 aliphatic rings. The van der Waals surface area contributed by atoms with Crippen LogP contribution in [0.2, 0.25) is 0 Å². The number of aromatic hydroxyl groups is 1. The fraction of sp³-hybridized carbons (Fsp3) is 0.200. The Kier molecular flexibility index (Phi) is 6.58. The zero-order valence-electron chi connectivity index (χ0n) is 16.5. The second kappa shape index (κ2) is 8.85. The van der Waals surface area contributed by atoms with E-state index >= 15 is 0 Å². The Labute approximate surface area is 181 Å². The number of alkyl halides is 3. The molecule has 0 saturated carbocycles. The van der Waals surface area contributed by atoms with Crippen molar-refractivity contribution in [2.24, 2.45) is 0 Å². The van der Waals surface area contributed by atoms with E-state index in [1.165, 1.54) is 49.8 Å². The summed E-state index contributed by atoms with van der Waals surface area (Å²) in [6.45, 7) is 1.88. The molecule has 0 bridgehead atoms. The number of benzene rings is 2. The Morgan fingerprint density at radius 2 is 1.71 bits per heavy atom. The molecular formula is C20H18F3N3O3S2. The summed E-state index contributed by atoms with van der Waals surface area (Å²) in [5.41, 5.74) is -0.0314. The Morgan fingerprint density at radius 3 is 2.32 bits per heavy atom. The summed E-state index contributed by atoms with van der Waals surface area (Å²) in [5.74, 6) is -0.398. The first-order valence-electron chi connectivity index (χ1n) is 9.00. The maximum absolute atomic E-state index is 12.8. The molecule has 1 heterocycles. The third-order valence-corrected chi connectivity index (χ3v) is 7.39. The highest BCUT2D eigenvalue weighted by molar-refractivity contribution is 7.99. The highest BCUT2D eigenvalue weighted by Crippen LogP contribution is 2.37. The number of rotatable bonds is 6. The molecule has 1 N–H and O–H groups in total. The zero-order valence-corrected chi connectivity index (χ0v) is 18.1. The monoisotopic (exact) mass is 469 g/mol. The van der Waals surface area contributed by atoms with Gasteiger partial charge in [-0.15, -0.1) is 0 Å². The lowest BCUT2D eigenvalue weighted by molar-refractivity contribution is -0.137. The minimum atomic E-state index is -4.43. The molecule has 3 rings (SSSR count). The predicted molar refractivity (Wildman–Crippen MR) is 110 cm³/mol. The van der Waals surface area contributed by atoms with E-state index in [4.69, 9.17) is 0 Å². The number of hydrogen-bond acceptors (Lipinski definition) is 6. The van der Waals surface area contributed by atoms with E-state index in [0.29, 0.717) is 21.2 Å². The molecule has 0 aliphatic heterocycles. The highest BCUT2D eigenvalue weighted by Gasteiger charge is 2.30. The molecule has 164 valence electrons. The molecule has 0 radical (unpaired) electrons. The van der Waals surface area contributed by atoms with E-state index in [-0.39, 0.29) is 11.4 Å². The highest BCUT2D eigenvalue weighted by atomic mass is 32.2. The van der Waals surface area contributed by atoms with E-state index in [9.17, 15) is 26.7 Å². The average molecular weight is 470 g/mol. The van der Waals surface area contributed by atoms with Gasteiger partial charge in [-0.3, -0.25) is 4.98 Å². The number of nitrogens with zero attached hydrogens (tertiary/aromatic N) is 3. The van der Waals surface area contributed by atoms with Crippen LogP contribution in [0.5, 0.6) is 5.75 Å². The van der Waals surface area contributed by atoms with Crippen molar-refractivity contribution in [2.45, 2.75) is 27.9 Å². The number of halogens is 3. The van der Waals surface area contributed by atoms with Crippen LogP contribution in [0.25, 0.3) is 11.3 Å². The van der Waals surface area contributed by atoms with Gasteiger partial charge in [-0.2, -0.15) is 13.2 Å². The van der Waals surface area contributed by atoms with Gasteiger partial charge in [0.05, 0.1) is 5.56 Å². The lowest BCUT2D eigenvalue weighted by atomic mass is 10.1. The summed E-state index contributed by atoms with van der Waals surface area (Å²) in [6, 6.07) is 8.67. The first kappa shape index (κ1) is 23.0. The minimum Gasteiger partial charge on any atom is -0.507 e. The van der Waals surface area contributed by atoms with Gasteiger partial charge in [0.15, 0.2) is 0 Å². The summed E-state index contributed by atoms with van der Waals surface area (Å²) in [7, 11) is -2.52. The molecule has 0 amide bonds.